The van der Waals surface area contributed by atoms with Gasteiger partial charge in [0.05, 0.1) is 40.2 Å². The van der Waals surface area contributed by atoms with E-state index in [1.165, 1.54) is 4.68 Å². The number of carbonyl (C=O) groups is 1. The highest BCUT2D eigenvalue weighted by Crippen LogP contribution is 2.34. The Morgan fingerprint density at radius 2 is 1.68 bits per heavy atom. The molecule has 2 heterocycles. The minimum Gasteiger partial charge on any atom is -0.744 e. The monoisotopic (exact) mass is 559 g/mol. The number of ether oxygens (including phenoxy) is 1. The number of anilines is 1. The fourth-order valence-corrected chi connectivity index (χ4v) is 4.55. The van der Waals surface area contributed by atoms with Crippen LogP contribution in [0.5, 0.6) is 0 Å². The van der Waals surface area contributed by atoms with Gasteiger partial charge in [-0.1, -0.05) is 18.2 Å². The summed E-state index contributed by atoms with van der Waals surface area (Å²) in [6, 6.07) is 10.7. The first kappa shape index (κ1) is 26.6. The molecule has 0 saturated heterocycles. The third-order valence-corrected chi connectivity index (χ3v) is 6.89. The number of benzene rings is 2. The van der Waals surface area contributed by atoms with Crippen molar-refractivity contribution in [1.29, 1.82) is 0 Å². The second-order valence-corrected chi connectivity index (χ2v) is 10.3. The van der Waals surface area contributed by atoms with Crippen LogP contribution in [0.3, 0.4) is 0 Å². The average molecular weight is 560 g/mol. The summed E-state index contributed by atoms with van der Waals surface area (Å²) in [6.45, 7) is 1.59. The summed E-state index contributed by atoms with van der Waals surface area (Å²) in [5.41, 5.74) is 6.27. The summed E-state index contributed by atoms with van der Waals surface area (Å²) in [5, 5.41) is 16.2. The molecular formula is C21H17N7O8S2-2. The highest BCUT2D eigenvalue weighted by Gasteiger charge is 2.24. The van der Waals surface area contributed by atoms with E-state index in [0.29, 0.717) is 34.3 Å². The first-order valence-corrected chi connectivity index (χ1v) is 13.2. The van der Waals surface area contributed by atoms with Crippen LogP contribution in [0.25, 0.3) is 11.4 Å². The van der Waals surface area contributed by atoms with Crippen LogP contribution >= 0.6 is 0 Å². The summed E-state index contributed by atoms with van der Waals surface area (Å²) in [7, 11) is -9.23. The topological polar surface area (TPSA) is 227 Å². The van der Waals surface area contributed by atoms with Crippen molar-refractivity contribution in [2.24, 2.45) is 10.2 Å². The van der Waals surface area contributed by atoms with Gasteiger partial charge in [0.25, 0.3) is 0 Å². The number of esters is 1. The van der Waals surface area contributed by atoms with Gasteiger partial charge in [-0.2, -0.15) is 10.2 Å². The van der Waals surface area contributed by atoms with Crippen molar-refractivity contribution in [1.82, 2.24) is 19.6 Å². The second kappa shape index (κ2) is 9.78. The molecule has 2 N–H and O–H groups in total. The Morgan fingerprint density at radius 3 is 2.29 bits per heavy atom. The lowest BCUT2D eigenvalue weighted by atomic mass is 10.3. The molecule has 38 heavy (non-hydrogen) atoms. The lowest BCUT2D eigenvalue weighted by Gasteiger charge is -2.16. The number of hydrogen-bond donors (Lipinski definition) is 1. The van der Waals surface area contributed by atoms with Gasteiger partial charge in [-0.05, 0) is 37.3 Å². The van der Waals surface area contributed by atoms with Crippen LogP contribution < -0.4 is 5.73 Å². The van der Waals surface area contributed by atoms with Crippen LogP contribution in [0.4, 0.5) is 17.3 Å². The maximum Gasteiger partial charge on any atom is 0.343 e. The van der Waals surface area contributed by atoms with Crippen LogP contribution in [-0.4, -0.2) is 58.6 Å². The van der Waals surface area contributed by atoms with Gasteiger partial charge < -0.3 is 19.6 Å². The molecule has 198 valence electrons. The standard InChI is InChI=1S/C21H19N7O8S2/c1-12-18(19(22)27(26-12)13-6-4-3-5-7-13)24-25-20-15(21(29)36-2)11-23-28(20)16-10-14(37(30,31)32)8-9-17(16)38(33,34)35/h3-11H,22H2,1-2H3,(H,30,31,32)(H,33,34,35)/p-2. The minimum absolute atomic E-state index is 0.0744. The molecular weight excluding hydrogens is 542 g/mol. The molecule has 0 radical (unpaired) electrons. The zero-order valence-corrected chi connectivity index (χ0v) is 21.2. The van der Waals surface area contributed by atoms with Gasteiger partial charge in [0, 0.05) is 0 Å². The van der Waals surface area contributed by atoms with Gasteiger partial charge in [0.15, 0.2) is 17.3 Å². The smallest absolute Gasteiger partial charge is 0.343 e. The van der Waals surface area contributed by atoms with E-state index in [4.69, 9.17) is 10.5 Å². The number of rotatable bonds is 7. The van der Waals surface area contributed by atoms with Gasteiger partial charge in [0.2, 0.25) is 0 Å². The van der Waals surface area contributed by atoms with Gasteiger partial charge in [0.1, 0.15) is 25.8 Å². The van der Waals surface area contributed by atoms with E-state index in [1.54, 1.807) is 37.3 Å². The minimum atomic E-state index is -5.21. The van der Waals surface area contributed by atoms with E-state index in [2.05, 4.69) is 20.4 Å². The summed E-state index contributed by atoms with van der Waals surface area (Å²) < 4.78 is 77.2. The predicted octanol–water partition coefficient (Wildman–Crippen LogP) is 1.96. The maximum absolute atomic E-state index is 12.4. The number of nitrogen functional groups attached to an aromatic ring is 1. The van der Waals surface area contributed by atoms with Crippen LogP contribution in [0, 0.1) is 6.92 Å². The number of aryl methyl sites for hydroxylation is 1. The predicted molar refractivity (Wildman–Crippen MR) is 128 cm³/mol. The normalized spacial score (nSPS) is 12.2. The number of aromatic nitrogens is 4. The molecule has 0 fully saturated rings. The number of carbonyl (C=O) groups excluding carboxylic acids is 1. The molecule has 0 amide bonds. The number of azo groups is 1. The van der Waals surface area contributed by atoms with Crippen LogP contribution in [0.2, 0.25) is 0 Å². The zero-order valence-electron chi connectivity index (χ0n) is 19.5. The summed E-state index contributed by atoms with van der Waals surface area (Å²) in [4.78, 5) is 10.6. The lowest BCUT2D eigenvalue weighted by Crippen LogP contribution is -2.10. The number of nitrogens with zero attached hydrogens (tertiary/aromatic N) is 6. The second-order valence-electron chi connectivity index (χ2n) is 7.59. The van der Waals surface area contributed by atoms with Crippen molar-refractivity contribution in [2.45, 2.75) is 16.7 Å². The molecule has 4 aromatic rings. The number of hydrogen-bond acceptors (Lipinski definition) is 13. The molecule has 2 aromatic carbocycles. The Morgan fingerprint density at radius 1 is 1.00 bits per heavy atom. The molecule has 0 bridgehead atoms. The van der Waals surface area contributed by atoms with E-state index in [-0.39, 0.29) is 17.1 Å². The Balaban J connectivity index is 1.94. The zero-order chi connectivity index (χ0) is 27.8. The number of para-hydroxylation sites is 1. The highest BCUT2D eigenvalue weighted by molar-refractivity contribution is 7.86. The maximum atomic E-state index is 12.4. The van der Waals surface area contributed by atoms with E-state index in [9.17, 15) is 30.7 Å². The summed E-state index contributed by atoms with van der Waals surface area (Å²) in [5.74, 6) is -1.34. The Labute approximate surface area is 215 Å². The van der Waals surface area contributed by atoms with Gasteiger partial charge in [-0.25, -0.2) is 31.0 Å². The molecule has 0 aliphatic carbocycles. The molecule has 2 aromatic heterocycles. The summed E-state index contributed by atoms with van der Waals surface area (Å²) >= 11 is 0. The molecule has 0 aliphatic heterocycles. The molecule has 0 spiro atoms. The molecule has 17 heteroatoms. The quantitative estimate of drug-likeness (QED) is 0.195. The largest absolute Gasteiger partial charge is 0.744 e. The van der Waals surface area contributed by atoms with E-state index in [1.807, 2.05) is 0 Å². The average Bonchev–Trinajstić information content (AvgIpc) is 3.41. The van der Waals surface area contributed by atoms with E-state index in [0.717, 1.165) is 13.3 Å². The first-order chi connectivity index (χ1) is 17.8. The fraction of sp³-hybridized carbons (Fsp3) is 0.0952. The molecule has 15 nitrogen and oxygen atoms in total. The summed E-state index contributed by atoms with van der Waals surface area (Å²) in [6.07, 6.45) is 0.934. The van der Waals surface area contributed by atoms with E-state index >= 15 is 0 Å². The van der Waals surface area contributed by atoms with Gasteiger partial charge >= 0.3 is 5.97 Å². The Bertz CT molecular complexity index is 1790. The molecule has 0 unspecified atom stereocenters. The third kappa shape index (κ3) is 5.02. The van der Waals surface area contributed by atoms with Crippen LogP contribution in [0.1, 0.15) is 16.1 Å². The highest BCUT2D eigenvalue weighted by atomic mass is 32.2. The van der Waals surface area contributed by atoms with Crippen molar-refractivity contribution in [2.75, 3.05) is 12.8 Å². The van der Waals surface area contributed by atoms with Crippen molar-refractivity contribution < 1.29 is 35.5 Å². The van der Waals surface area contributed by atoms with Gasteiger partial charge in [-0.15, -0.1) is 10.2 Å². The van der Waals surface area contributed by atoms with Gasteiger partial charge in [-0.3, -0.25) is 0 Å². The van der Waals surface area contributed by atoms with E-state index < -0.39 is 47.5 Å². The fourth-order valence-electron chi connectivity index (χ4n) is 3.42. The molecule has 4 rings (SSSR count). The SMILES string of the molecule is COC(=O)c1cnn(-c2cc(S(=O)(=O)[O-])ccc2S(=O)(=O)[O-])c1N=Nc1c(C)nn(-c2ccccc2)c1N. The Hall–Kier alpha value is -4.45. The molecule has 0 aliphatic rings. The first-order valence-electron chi connectivity index (χ1n) is 10.4. The van der Waals surface area contributed by atoms with Crippen molar-refractivity contribution in [3.05, 3.63) is 66.0 Å². The molecule has 0 saturated carbocycles. The Kier molecular flexibility index (Phi) is 6.85. The number of nitrogens with two attached hydrogens (primary N) is 1. The van der Waals surface area contributed by atoms with Crippen molar-refractivity contribution in [3.63, 3.8) is 0 Å². The third-order valence-electron chi connectivity index (χ3n) is 5.17. The number of methoxy groups -OCH3 is 1. The molecule has 0 atom stereocenters. The van der Waals surface area contributed by atoms with Crippen molar-refractivity contribution >= 4 is 43.5 Å². The van der Waals surface area contributed by atoms with Crippen LogP contribution in [0.15, 0.2) is 74.7 Å². The van der Waals surface area contributed by atoms with Crippen molar-refractivity contribution in [3.8, 4) is 11.4 Å². The lowest BCUT2D eigenvalue weighted by molar-refractivity contribution is 0.0601. The van der Waals surface area contributed by atoms with Crippen LogP contribution in [-0.2, 0) is 25.0 Å².